The summed E-state index contributed by atoms with van der Waals surface area (Å²) in [7, 11) is 0. The standard InChI is InChI=1S/C15H24N2O2S/c1-3-15(19,4-2)12-17-14(18)16-10-11-20-13-8-6-5-7-9-13/h5-9,19H,3-4,10-12H2,1-2H3,(H2,16,17,18). The second kappa shape index (κ2) is 8.87. The first kappa shape index (κ1) is 16.9. The van der Waals surface area contributed by atoms with Gasteiger partial charge in [-0.1, -0.05) is 32.0 Å². The summed E-state index contributed by atoms with van der Waals surface area (Å²) in [5.74, 6) is 0.823. The lowest BCUT2D eigenvalue weighted by Crippen LogP contribution is -2.46. The number of nitrogens with one attached hydrogen (secondary N) is 2. The van der Waals surface area contributed by atoms with Gasteiger partial charge in [-0.05, 0) is 25.0 Å². The molecule has 0 radical (unpaired) electrons. The Kier molecular flexibility index (Phi) is 7.47. The fraction of sp³-hybridized carbons (Fsp3) is 0.533. The average Bonchev–Trinajstić information content (AvgIpc) is 2.50. The van der Waals surface area contributed by atoms with E-state index in [0.717, 1.165) is 5.75 Å². The normalized spacial score (nSPS) is 11.2. The van der Waals surface area contributed by atoms with Crippen molar-refractivity contribution in [2.45, 2.75) is 37.2 Å². The van der Waals surface area contributed by atoms with Crippen LogP contribution in [0, 0.1) is 0 Å². The highest BCUT2D eigenvalue weighted by molar-refractivity contribution is 7.99. The zero-order valence-corrected chi connectivity index (χ0v) is 13.0. The molecule has 0 fully saturated rings. The van der Waals surface area contributed by atoms with Crippen molar-refractivity contribution in [1.29, 1.82) is 0 Å². The molecule has 1 aromatic rings. The number of aliphatic hydroxyl groups is 1. The molecule has 2 amide bonds. The smallest absolute Gasteiger partial charge is 0.314 e. The van der Waals surface area contributed by atoms with Gasteiger partial charge in [0, 0.05) is 23.7 Å². The van der Waals surface area contributed by atoms with Gasteiger partial charge in [0.15, 0.2) is 0 Å². The second-order valence-electron chi connectivity index (χ2n) is 4.70. The van der Waals surface area contributed by atoms with Gasteiger partial charge in [0.1, 0.15) is 0 Å². The van der Waals surface area contributed by atoms with Crippen LogP contribution in [0.2, 0.25) is 0 Å². The molecule has 4 nitrogen and oxygen atoms in total. The van der Waals surface area contributed by atoms with Crippen molar-refractivity contribution in [2.75, 3.05) is 18.8 Å². The van der Waals surface area contributed by atoms with Gasteiger partial charge in [-0.2, -0.15) is 0 Å². The highest BCUT2D eigenvalue weighted by atomic mass is 32.2. The molecule has 20 heavy (non-hydrogen) atoms. The molecule has 112 valence electrons. The molecule has 0 aliphatic rings. The van der Waals surface area contributed by atoms with Gasteiger partial charge in [-0.25, -0.2) is 4.79 Å². The highest BCUT2D eigenvalue weighted by Crippen LogP contribution is 2.15. The molecule has 0 unspecified atom stereocenters. The first-order chi connectivity index (χ1) is 9.59. The van der Waals surface area contributed by atoms with Crippen LogP contribution in [0.1, 0.15) is 26.7 Å². The Labute approximate surface area is 125 Å². The van der Waals surface area contributed by atoms with E-state index in [2.05, 4.69) is 10.6 Å². The molecule has 5 heteroatoms. The number of urea groups is 1. The van der Waals surface area contributed by atoms with Crippen LogP contribution in [0.5, 0.6) is 0 Å². The minimum Gasteiger partial charge on any atom is -0.388 e. The molecule has 1 rings (SSSR count). The fourth-order valence-electron chi connectivity index (χ4n) is 1.66. The summed E-state index contributed by atoms with van der Waals surface area (Å²) in [6.07, 6.45) is 1.27. The summed E-state index contributed by atoms with van der Waals surface area (Å²) in [5.41, 5.74) is -0.796. The van der Waals surface area contributed by atoms with Crippen LogP contribution in [0.4, 0.5) is 4.79 Å². The zero-order valence-electron chi connectivity index (χ0n) is 12.2. The van der Waals surface area contributed by atoms with Gasteiger partial charge in [0.2, 0.25) is 0 Å². The lowest BCUT2D eigenvalue weighted by molar-refractivity contribution is 0.0350. The van der Waals surface area contributed by atoms with Crippen molar-refractivity contribution < 1.29 is 9.90 Å². The van der Waals surface area contributed by atoms with Crippen LogP contribution in [-0.4, -0.2) is 35.6 Å². The number of carbonyl (C=O) groups is 1. The number of hydrogen-bond acceptors (Lipinski definition) is 3. The number of rotatable bonds is 8. The zero-order chi connectivity index (χ0) is 14.8. The summed E-state index contributed by atoms with van der Waals surface area (Å²) in [5, 5.41) is 15.6. The van der Waals surface area contributed by atoms with Gasteiger partial charge >= 0.3 is 6.03 Å². The topological polar surface area (TPSA) is 61.4 Å². The number of benzene rings is 1. The molecular weight excluding hydrogens is 272 g/mol. The molecule has 0 saturated carbocycles. The third-order valence-electron chi connectivity index (χ3n) is 3.29. The summed E-state index contributed by atoms with van der Waals surface area (Å²) in [6.45, 7) is 4.72. The van der Waals surface area contributed by atoms with Crippen LogP contribution in [0.3, 0.4) is 0 Å². The van der Waals surface area contributed by atoms with Crippen molar-refractivity contribution in [3.8, 4) is 0 Å². The van der Waals surface area contributed by atoms with Gasteiger partial charge in [-0.3, -0.25) is 0 Å². The van der Waals surface area contributed by atoms with Crippen molar-refractivity contribution in [2.24, 2.45) is 0 Å². The van der Waals surface area contributed by atoms with E-state index in [1.54, 1.807) is 11.8 Å². The van der Waals surface area contributed by atoms with E-state index in [4.69, 9.17) is 0 Å². The molecule has 0 bridgehead atoms. The minimum absolute atomic E-state index is 0.223. The first-order valence-corrected chi connectivity index (χ1v) is 8.00. The van der Waals surface area contributed by atoms with Crippen LogP contribution in [0.15, 0.2) is 35.2 Å². The molecule has 0 saturated heterocycles. The molecule has 0 heterocycles. The molecule has 1 aromatic carbocycles. The summed E-state index contributed by atoms with van der Waals surface area (Å²) in [6, 6.07) is 9.86. The molecule has 0 aromatic heterocycles. The lowest BCUT2D eigenvalue weighted by Gasteiger charge is -2.25. The molecule has 3 N–H and O–H groups in total. The second-order valence-corrected chi connectivity index (χ2v) is 5.87. The fourth-order valence-corrected chi connectivity index (χ4v) is 2.45. The molecule has 0 aliphatic carbocycles. The number of amides is 2. The van der Waals surface area contributed by atoms with E-state index in [1.165, 1.54) is 4.90 Å². The minimum atomic E-state index is -0.796. The predicted molar refractivity (Wildman–Crippen MR) is 84.1 cm³/mol. The maximum absolute atomic E-state index is 11.6. The largest absolute Gasteiger partial charge is 0.388 e. The maximum Gasteiger partial charge on any atom is 0.314 e. The van der Waals surface area contributed by atoms with E-state index in [1.807, 2.05) is 44.2 Å². The Morgan fingerprint density at radius 3 is 2.45 bits per heavy atom. The van der Waals surface area contributed by atoms with Crippen LogP contribution in [0.25, 0.3) is 0 Å². The van der Waals surface area contributed by atoms with Crippen LogP contribution < -0.4 is 10.6 Å². The van der Waals surface area contributed by atoms with Crippen molar-refractivity contribution >= 4 is 17.8 Å². The SMILES string of the molecule is CCC(O)(CC)CNC(=O)NCCSc1ccccc1. The number of carbonyl (C=O) groups excluding carboxylic acids is 1. The predicted octanol–water partition coefficient (Wildman–Crippen LogP) is 2.63. The van der Waals surface area contributed by atoms with Crippen LogP contribution >= 0.6 is 11.8 Å². The molecule has 0 spiro atoms. The summed E-state index contributed by atoms with van der Waals surface area (Å²) in [4.78, 5) is 12.8. The monoisotopic (exact) mass is 296 g/mol. The van der Waals surface area contributed by atoms with Gasteiger partial charge in [0.25, 0.3) is 0 Å². The average molecular weight is 296 g/mol. The number of hydrogen-bond donors (Lipinski definition) is 3. The molecular formula is C15H24N2O2S. The van der Waals surface area contributed by atoms with Crippen LogP contribution in [-0.2, 0) is 0 Å². The number of thioether (sulfide) groups is 1. The van der Waals surface area contributed by atoms with E-state index < -0.39 is 5.60 Å². The van der Waals surface area contributed by atoms with E-state index in [9.17, 15) is 9.90 Å². The Morgan fingerprint density at radius 1 is 1.20 bits per heavy atom. The van der Waals surface area contributed by atoms with E-state index >= 15 is 0 Å². The third kappa shape index (κ3) is 6.30. The third-order valence-corrected chi connectivity index (χ3v) is 4.31. The Hall–Kier alpha value is -1.20. The Bertz CT molecular complexity index is 394. The first-order valence-electron chi connectivity index (χ1n) is 7.01. The molecule has 0 aliphatic heterocycles. The molecule has 0 atom stereocenters. The Balaban J connectivity index is 2.14. The highest BCUT2D eigenvalue weighted by Gasteiger charge is 2.22. The summed E-state index contributed by atoms with van der Waals surface area (Å²) >= 11 is 1.70. The van der Waals surface area contributed by atoms with Crippen molar-refractivity contribution in [3.63, 3.8) is 0 Å². The van der Waals surface area contributed by atoms with Gasteiger partial charge in [-0.15, -0.1) is 11.8 Å². The van der Waals surface area contributed by atoms with Crippen molar-refractivity contribution in [3.05, 3.63) is 30.3 Å². The van der Waals surface area contributed by atoms with Gasteiger partial charge in [0.05, 0.1) is 5.60 Å². The Morgan fingerprint density at radius 2 is 1.85 bits per heavy atom. The quantitative estimate of drug-likeness (QED) is 0.510. The van der Waals surface area contributed by atoms with E-state index in [0.29, 0.717) is 19.4 Å². The summed E-state index contributed by atoms with van der Waals surface area (Å²) < 4.78 is 0. The van der Waals surface area contributed by atoms with E-state index in [-0.39, 0.29) is 12.6 Å². The van der Waals surface area contributed by atoms with Gasteiger partial charge < -0.3 is 15.7 Å². The maximum atomic E-state index is 11.6. The lowest BCUT2D eigenvalue weighted by atomic mass is 9.98. The van der Waals surface area contributed by atoms with Crippen molar-refractivity contribution in [1.82, 2.24) is 10.6 Å².